The fourth-order valence-electron chi connectivity index (χ4n) is 3.04. The van der Waals surface area contributed by atoms with Crippen molar-refractivity contribution in [2.45, 2.75) is 45.7 Å². The summed E-state index contributed by atoms with van der Waals surface area (Å²) in [6, 6.07) is 8.65. The van der Waals surface area contributed by atoms with E-state index >= 15 is 0 Å². The number of carbonyl (C=O) groups excluding carboxylic acids is 2. The third kappa shape index (κ3) is 3.59. The Labute approximate surface area is 152 Å². The van der Waals surface area contributed by atoms with E-state index in [4.69, 9.17) is 5.26 Å². The molecule has 2 aromatic rings. The van der Waals surface area contributed by atoms with Gasteiger partial charge in [0, 0.05) is 18.3 Å². The number of amides is 2. The molecule has 0 spiro atoms. The SMILES string of the molecule is CC(C)NC(=O)c1nc(C(=O)Nc2ccc(C#N)cc2)n2c1CCCC2. The van der Waals surface area contributed by atoms with E-state index in [0.29, 0.717) is 23.5 Å². The lowest BCUT2D eigenvalue weighted by Gasteiger charge is -2.17. The van der Waals surface area contributed by atoms with E-state index in [2.05, 4.69) is 15.6 Å². The molecule has 1 aromatic heterocycles. The summed E-state index contributed by atoms with van der Waals surface area (Å²) in [5, 5.41) is 14.5. The first-order valence-electron chi connectivity index (χ1n) is 8.71. The van der Waals surface area contributed by atoms with Gasteiger partial charge in [0.05, 0.1) is 17.3 Å². The molecule has 0 bridgehead atoms. The first-order chi connectivity index (χ1) is 12.5. The number of benzene rings is 1. The Morgan fingerprint density at radius 2 is 1.92 bits per heavy atom. The summed E-state index contributed by atoms with van der Waals surface area (Å²) >= 11 is 0. The van der Waals surface area contributed by atoms with Crippen LogP contribution in [-0.2, 0) is 13.0 Å². The predicted molar refractivity (Wildman–Crippen MR) is 96.9 cm³/mol. The van der Waals surface area contributed by atoms with E-state index in [1.54, 1.807) is 24.3 Å². The van der Waals surface area contributed by atoms with Gasteiger partial charge >= 0.3 is 0 Å². The van der Waals surface area contributed by atoms with Crippen LogP contribution >= 0.6 is 0 Å². The van der Waals surface area contributed by atoms with Crippen molar-refractivity contribution in [3.63, 3.8) is 0 Å². The highest BCUT2D eigenvalue weighted by atomic mass is 16.2. The van der Waals surface area contributed by atoms with Crippen molar-refractivity contribution in [3.8, 4) is 6.07 Å². The highest BCUT2D eigenvalue weighted by Gasteiger charge is 2.27. The van der Waals surface area contributed by atoms with Gasteiger partial charge in [-0.05, 0) is 57.4 Å². The summed E-state index contributed by atoms with van der Waals surface area (Å²) in [6.45, 7) is 4.45. The van der Waals surface area contributed by atoms with Gasteiger partial charge in [-0.1, -0.05) is 0 Å². The first kappa shape index (κ1) is 17.7. The van der Waals surface area contributed by atoms with Crippen LogP contribution in [0.5, 0.6) is 0 Å². The van der Waals surface area contributed by atoms with Crippen LogP contribution in [0.2, 0.25) is 0 Å². The van der Waals surface area contributed by atoms with Crippen LogP contribution in [0.3, 0.4) is 0 Å². The van der Waals surface area contributed by atoms with Crippen molar-refractivity contribution in [2.24, 2.45) is 0 Å². The van der Waals surface area contributed by atoms with Crippen molar-refractivity contribution < 1.29 is 9.59 Å². The zero-order valence-electron chi connectivity index (χ0n) is 14.9. The van der Waals surface area contributed by atoms with E-state index in [-0.39, 0.29) is 23.7 Å². The summed E-state index contributed by atoms with van der Waals surface area (Å²) in [6.07, 6.45) is 2.66. The summed E-state index contributed by atoms with van der Waals surface area (Å²) < 4.78 is 1.84. The minimum Gasteiger partial charge on any atom is -0.348 e. The van der Waals surface area contributed by atoms with Crippen LogP contribution in [0.4, 0.5) is 5.69 Å². The summed E-state index contributed by atoms with van der Waals surface area (Å²) in [7, 11) is 0. The fourth-order valence-corrected chi connectivity index (χ4v) is 3.04. The molecule has 2 amide bonds. The number of aromatic nitrogens is 2. The van der Waals surface area contributed by atoms with Crippen molar-refractivity contribution in [1.82, 2.24) is 14.9 Å². The lowest BCUT2D eigenvalue weighted by atomic mass is 10.1. The summed E-state index contributed by atoms with van der Waals surface area (Å²) in [5.74, 6) is -0.359. The van der Waals surface area contributed by atoms with Crippen molar-refractivity contribution >= 4 is 17.5 Å². The first-order valence-corrected chi connectivity index (χ1v) is 8.71. The van der Waals surface area contributed by atoms with Crippen LogP contribution in [0.25, 0.3) is 0 Å². The Morgan fingerprint density at radius 1 is 1.19 bits per heavy atom. The van der Waals surface area contributed by atoms with Crippen molar-refractivity contribution in [3.05, 3.63) is 47.0 Å². The minimum absolute atomic E-state index is 0.000587. The molecule has 0 radical (unpaired) electrons. The number of anilines is 1. The Bertz CT molecular complexity index is 875. The third-order valence-corrected chi connectivity index (χ3v) is 4.23. The summed E-state index contributed by atoms with van der Waals surface area (Å²) in [5.41, 5.74) is 2.26. The van der Waals surface area contributed by atoms with Gasteiger partial charge in [-0.2, -0.15) is 5.26 Å². The second kappa shape index (κ2) is 7.40. The van der Waals surface area contributed by atoms with Gasteiger partial charge in [-0.15, -0.1) is 0 Å². The summed E-state index contributed by atoms with van der Waals surface area (Å²) in [4.78, 5) is 29.5. The molecule has 0 fully saturated rings. The Kier molecular flexibility index (Phi) is 5.03. The Hall–Kier alpha value is -3.14. The second-order valence-electron chi connectivity index (χ2n) is 6.61. The Balaban J connectivity index is 1.88. The molecule has 1 aliphatic rings. The molecule has 0 saturated heterocycles. The molecular weight excluding hydrogens is 330 g/mol. The largest absolute Gasteiger partial charge is 0.348 e. The molecule has 0 atom stereocenters. The van der Waals surface area contributed by atoms with Gasteiger partial charge in [0.25, 0.3) is 11.8 Å². The van der Waals surface area contributed by atoms with Crippen LogP contribution in [0, 0.1) is 11.3 Å². The van der Waals surface area contributed by atoms with E-state index in [0.717, 1.165) is 25.0 Å². The molecule has 1 aliphatic heterocycles. The number of nitrogens with one attached hydrogen (secondary N) is 2. The average Bonchev–Trinajstić information content (AvgIpc) is 3.02. The topological polar surface area (TPSA) is 99.8 Å². The number of rotatable bonds is 4. The van der Waals surface area contributed by atoms with Gasteiger partial charge in [0.2, 0.25) is 0 Å². The second-order valence-corrected chi connectivity index (χ2v) is 6.61. The van der Waals surface area contributed by atoms with E-state index in [1.807, 2.05) is 24.5 Å². The van der Waals surface area contributed by atoms with Crippen LogP contribution in [-0.4, -0.2) is 27.4 Å². The van der Waals surface area contributed by atoms with E-state index in [1.165, 1.54) is 0 Å². The Morgan fingerprint density at radius 3 is 2.58 bits per heavy atom. The highest BCUT2D eigenvalue weighted by molar-refractivity contribution is 6.03. The lowest BCUT2D eigenvalue weighted by Crippen LogP contribution is -2.31. The number of fused-ring (bicyclic) bond motifs is 1. The maximum atomic E-state index is 12.7. The molecule has 26 heavy (non-hydrogen) atoms. The van der Waals surface area contributed by atoms with Gasteiger partial charge in [0.15, 0.2) is 5.82 Å². The average molecular weight is 351 g/mol. The molecule has 0 saturated carbocycles. The molecule has 0 aliphatic carbocycles. The van der Waals surface area contributed by atoms with E-state index in [9.17, 15) is 9.59 Å². The van der Waals surface area contributed by atoms with Crippen LogP contribution < -0.4 is 10.6 Å². The van der Waals surface area contributed by atoms with E-state index < -0.39 is 0 Å². The predicted octanol–water partition coefficient (Wildman–Crippen LogP) is 2.48. The molecule has 7 nitrogen and oxygen atoms in total. The smallest absolute Gasteiger partial charge is 0.291 e. The number of nitriles is 1. The minimum atomic E-state index is -0.360. The number of hydrogen-bond acceptors (Lipinski definition) is 4. The van der Waals surface area contributed by atoms with Crippen molar-refractivity contribution in [1.29, 1.82) is 5.26 Å². The normalized spacial score (nSPS) is 13.0. The molecule has 3 rings (SSSR count). The lowest BCUT2D eigenvalue weighted by molar-refractivity contribution is 0.0937. The van der Waals surface area contributed by atoms with Crippen LogP contribution in [0.15, 0.2) is 24.3 Å². The quantitative estimate of drug-likeness (QED) is 0.884. The van der Waals surface area contributed by atoms with Gasteiger partial charge in [-0.3, -0.25) is 9.59 Å². The molecule has 1 aromatic carbocycles. The molecule has 2 heterocycles. The monoisotopic (exact) mass is 351 g/mol. The molecule has 2 N–H and O–H groups in total. The standard InChI is InChI=1S/C19H21N5O2/c1-12(2)21-18(25)16-15-5-3-4-10-24(15)17(23-16)19(26)22-14-8-6-13(11-20)7-9-14/h6-9,12H,3-5,10H2,1-2H3,(H,21,25)(H,22,26). The van der Waals surface area contributed by atoms with Crippen LogP contribution in [0.1, 0.15) is 59.1 Å². The van der Waals surface area contributed by atoms with Gasteiger partial charge in [-0.25, -0.2) is 4.98 Å². The third-order valence-electron chi connectivity index (χ3n) is 4.23. The maximum Gasteiger partial charge on any atom is 0.291 e. The number of carbonyl (C=O) groups is 2. The van der Waals surface area contributed by atoms with Gasteiger partial charge in [0.1, 0.15) is 5.69 Å². The number of hydrogen-bond donors (Lipinski definition) is 2. The molecule has 7 heteroatoms. The fraction of sp³-hybridized carbons (Fsp3) is 0.368. The number of imidazole rings is 1. The molecule has 134 valence electrons. The number of nitrogens with zero attached hydrogens (tertiary/aromatic N) is 3. The highest BCUT2D eigenvalue weighted by Crippen LogP contribution is 2.22. The maximum absolute atomic E-state index is 12.7. The van der Waals surface area contributed by atoms with Gasteiger partial charge < -0.3 is 15.2 Å². The molecular formula is C19H21N5O2. The van der Waals surface area contributed by atoms with Crippen molar-refractivity contribution in [2.75, 3.05) is 5.32 Å². The zero-order valence-corrected chi connectivity index (χ0v) is 14.9. The zero-order chi connectivity index (χ0) is 18.7. The molecule has 0 unspecified atom stereocenters.